The molecule has 0 unspecified atom stereocenters. The SMILES string of the molecule is CCNS(=O)(=O)N1CCC(CNCC(C)C)CC1. The number of piperidine rings is 1. The Morgan fingerprint density at radius 3 is 2.39 bits per heavy atom. The molecule has 1 aliphatic heterocycles. The van der Waals surface area contributed by atoms with Crippen LogP contribution in [0.3, 0.4) is 0 Å². The second-order valence-corrected chi connectivity index (χ2v) is 7.15. The lowest BCUT2D eigenvalue weighted by Crippen LogP contribution is -2.46. The summed E-state index contributed by atoms with van der Waals surface area (Å²) in [5.74, 6) is 1.27. The highest BCUT2D eigenvalue weighted by atomic mass is 32.2. The molecule has 1 fully saturated rings. The van der Waals surface area contributed by atoms with Crippen molar-refractivity contribution >= 4 is 10.2 Å². The van der Waals surface area contributed by atoms with Gasteiger partial charge in [0.15, 0.2) is 0 Å². The Morgan fingerprint density at radius 1 is 1.28 bits per heavy atom. The van der Waals surface area contributed by atoms with Crippen molar-refractivity contribution < 1.29 is 8.42 Å². The van der Waals surface area contributed by atoms with E-state index in [0.717, 1.165) is 25.9 Å². The molecule has 6 heteroatoms. The first-order valence-corrected chi connectivity index (χ1v) is 8.35. The van der Waals surface area contributed by atoms with Crippen LogP contribution in [0.5, 0.6) is 0 Å². The van der Waals surface area contributed by atoms with E-state index in [1.165, 1.54) is 0 Å². The monoisotopic (exact) mass is 277 g/mol. The summed E-state index contributed by atoms with van der Waals surface area (Å²) in [5.41, 5.74) is 0. The molecule has 1 aliphatic rings. The molecule has 18 heavy (non-hydrogen) atoms. The molecule has 108 valence electrons. The molecule has 0 aromatic heterocycles. The zero-order chi connectivity index (χ0) is 13.6. The first-order chi connectivity index (χ1) is 8.45. The second kappa shape index (κ2) is 7.43. The van der Waals surface area contributed by atoms with Gasteiger partial charge in [-0.1, -0.05) is 20.8 Å². The van der Waals surface area contributed by atoms with Gasteiger partial charge in [0.2, 0.25) is 0 Å². The minimum atomic E-state index is -3.23. The van der Waals surface area contributed by atoms with E-state index in [1.807, 2.05) is 0 Å². The predicted molar refractivity (Wildman–Crippen MR) is 74.6 cm³/mol. The number of hydrogen-bond donors (Lipinski definition) is 2. The van der Waals surface area contributed by atoms with E-state index >= 15 is 0 Å². The summed E-state index contributed by atoms with van der Waals surface area (Å²) in [6.07, 6.45) is 1.91. The Bertz CT molecular complexity index is 322. The van der Waals surface area contributed by atoms with Gasteiger partial charge in [-0.2, -0.15) is 12.7 Å². The van der Waals surface area contributed by atoms with Gasteiger partial charge in [0.1, 0.15) is 0 Å². The molecule has 1 rings (SSSR count). The molecule has 1 saturated heterocycles. The lowest BCUT2D eigenvalue weighted by atomic mass is 9.98. The summed E-state index contributed by atoms with van der Waals surface area (Å²) in [5, 5.41) is 3.45. The van der Waals surface area contributed by atoms with Crippen molar-refractivity contribution in [1.82, 2.24) is 14.3 Å². The Morgan fingerprint density at radius 2 is 1.89 bits per heavy atom. The van der Waals surface area contributed by atoms with Crippen molar-refractivity contribution in [2.75, 3.05) is 32.7 Å². The Labute approximate surface area is 112 Å². The summed E-state index contributed by atoms with van der Waals surface area (Å²) in [4.78, 5) is 0. The molecule has 0 radical (unpaired) electrons. The first kappa shape index (κ1) is 15.9. The molecule has 0 bridgehead atoms. The lowest BCUT2D eigenvalue weighted by molar-refractivity contribution is 0.263. The molecule has 0 saturated carbocycles. The van der Waals surface area contributed by atoms with Crippen LogP contribution in [0.15, 0.2) is 0 Å². The van der Waals surface area contributed by atoms with Crippen molar-refractivity contribution in [1.29, 1.82) is 0 Å². The van der Waals surface area contributed by atoms with Crippen LogP contribution >= 0.6 is 0 Å². The van der Waals surface area contributed by atoms with E-state index in [2.05, 4.69) is 23.9 Å². The smallest absolute Gasteiger partial charge is 0.279 e. The van der Waals surface area contributed by atoms with Gasteiger partial charge in [-0.3, -0.25) is 0 Å². The second-order valence-electron chi connectivity index (χ2n) is 5.40. The van der Waals surface area contributed by atoms with E-state index in [-0.39, 0.29) is 0 Å². The van der Waals surface area contributed by atoms with Crippen molar-refractivity contribution in [3.8, 4) is 0 Å². The lowest BCUT2D eigenvalue weighted by Gasteiger charge is -2.31. The standard InChI is InChI=1S/C12H27N3O2S/c1-4-14-18(16,17)15-7-5-12(6-8-15)10-13-9-11(2)3/h11-14H,4-10H2,1-3H3. The maximum atomic E-state index is 11.8. The van der Waals surface area contributed by atoms with Crippen LogP contribution in [-0.4, -0.2) is 45.4 Å². The summed E-state index contributed by atoms with van der Waals surface area (Å²) in [6, 6.07) is 0. The van der Waals surface area contributed by atoms with Crippen LogP contribution in [0.2, 0.25) is 0 Å². The Kier molecular flexibility index (Phi) is 6.55. The molecule has 0 atom stereocenters. The van der Waals surface area contributed by atoms with Crippen molar-refractivity contribution in [2.24, 2.45) is 11.8 Å². The summed E-state index contributed by atoms with van der Waals surface area (Å²) in [6.45, 7) is 9.98. The van der Waals surface area contributed by atoms with Crippen LogP contribution in [0.1, 0.15) is 33.6 Å². The normalized spacial score (nSPS) is 19.6. The maximum Gasteiger partial charge on any atom is 0.279 e. The van der Waals surface area contributed by atoms with E-state index < -0.39 is 10.2 Å². The highest BCUT2D eigenvalue weighted by molar-refractivity contribution is 7.87. The van der Waals surface area contributed by atoms with Gasteiger partial charge in [-0.05, 0) is 37.8 Å². The van der Waals surface area contributed by atoms with Crippen LogP contribution in [0.4, 0.5) is 0 Å². The summed E-state index contributed by atoms with van der Waals surface area (Å²) >= 11 is 0. The molecule has 0 spiro atoms. The minimum Gasteiger partial charge on any atom is -0.316 e. The third-order valence-electron chi connectivity index (χ3n) is 3.23. The predicted octanol–water partition coefficient (Wildman–Crippen LogP) is 0.798. The van der Waals surface area contributed by atoms with Crippen LogP contribution in [-0.2, 0) is 10.2 Å². The van der Waals surface area contributed by atoms with Gasteiger partial charge in [0.25, 0.3) is 10.2 Å². The van der Waals surface area contributed by atoms with Crippen molar-refractivity contribution in [3.63, 3.8) is 0 Å². The first-order valence-electron chi connectivity index (χ1n) is 6.91. The average Bonchev–Trinajstić information content (AvgIpc) is 2.29. The molecular weight excluding hydrogens is 250 g/mol. The molecule has 0 aromatic rings. The largest absolute Gasteiger partial charge is 0.316 e. The summed E-state index contributed by atoms with van der Waals surface area (Å²) in [7, 11) is -3.23. The zero-order valence-corrected chi connectivity index (χ0v) is 12.6. The van der Waals surface area contributed by atoms with E-state index in [9.17, 15) is 8.42 Å². The number of nitrogens with zero attached hydrogens (tertiary/aromatic N) is 1. The van der Waals surface area contributed by atoms with E-state index in [4.69, 9.17) is 0 Å². The van der Waals surface area contributed by atoms with E-state index in [0.29, 0.717) is 31.5 Å². The van der Waals surface area contributed by atoms with Gasteiger partial charge in [0.05, 0.1) is 0 Å². The zero-order valence-electron chi connectivity index (χ0n) is 11.8. The summed E-state index contributed by atoms with van der Waals surface area (Å²) < 4.78 is 27.7. The number of nitrogens with one attached hydrogen (secondary N) is 2. The average molecular weight is 277 g/mol. The van der Waals surface area contributed by atoms with E-state index in [1.54, 1.807) is 11.2 Å². The third-order valence-corrected chi connectivity index (χ3v) is 4.92. The fraction of sp³-hybridized carbons (Fsp3) is 1.00. The van der Waals surface area contributed by atoms with Crippen LogP contribution in [0, 0.1) is 11.8 Å². The highest BCUT2D eigenvalue weighted by Gasteiger charge is 2.26. The van der Waals surface area contributed by atoms with Gasteiger partial charge in [0, 0.05) is 19.6 Å². The quantitative estimate of drug-likeness (QED) is 0.723. The van der Waals surface area contributed by atoms with Gasteiger partial charge < -0.3 is 5.32 Å². The fourth-order valence-corrected chi connectivity index (χ4v) is 3.44. The number of hydrogen-bond acceptors (Lipinski definition) is 3. The van der Waals surface area contributed by atoms with Gasteiger partial charge >= 0.3 is 0 Å². The topological polar surface area (TPSA) is 61.4 Å². The molecular formula is C12H27N3O2S. The van der Waals surface area contributed by atoms with Gasteiger partial charge in [-0.15, -0.1) is 0 Å². The molecule has 0 amide bonds. The molecule has 1 heterocycles. The van der Waals surface area contributed by atoms with Crippen molar-refractivity contribution in [2.45, 2.75) is 33.6 Å². The molecule has 0 aliphatic carbocycles. The van der Waals surface area contributed by atoms with Gasteiger partial charge in [-0.25, -0.2) is 4.72 Å². The third kappa shape index (κ3) is 5.22. The molecule has 5 nitrogen and oxygen atoms in total. The molecule has 2 N–H and O–H groups in total. The number of rotatable bonds is 7. The highest BCUT2D eigenvalue weighted by Crippen LogP contribution is 2.18. The fourth-order valence-electron chi connectivity index (χ4n) is 2.20. The van der Waals surface area contributed by atoms with Crippen molar-refractivity contribution in [3.05, 3.63) is 0 Å². The maximum absolute atomic E-state index is 11.8. The minimum absolute atomic E-state index is 0.457. The molecule has 0 aromatic carbocycles. The van der Waals surface area contributed by atoms with Crippen LogP contribution < -0.4 is 10.0 Å². The Balaban J connectivity index is 2.28. The van der Waals surface area contributed by atoms with Crippen LogP contribution in [0.25, 0.3) is 0 Å². The Hall–Kier alpha value is -0.170.